The highest BCUT2D eigenvalue weighted by Gasteiger charge is 2.21. The standard InChI is InChI=1S/C14H20N2O2.ClH/c1-18-14(17)9-13-11-16(8-7-15-13)10-12-5-3-2-4-6-12;/h2-6,13,15H,7-11H2,1H3;1H. The van der Waals surface area contributed by atoms with Crippen molar-refractivity contribution in [3.63, 3.8) is 0 Å². The summed E-state index contributed by atoms with van der Waals surface area (Å²) in [5.41, 5.74) is 1.32. The van der Waals surface area contributed by atoms with E-state index in [9.17, 15) is 4.79 Å². The second-order valence-corrected chi connectivity index (χ2v) is 4.65. The van der Waals surface area contributed by atoms with Gasteiger partial charge in [0.2, 0.25) is 0 Å². The van der Waals surface area contributed by atoms with Crippen LogP contribution in [0.15, 0.2) is 30.3 Å². The minimum Gasteiger partial charge on any atom is -0.469 e. The molecule has 0 spiro atoms. The van der Waals surface area contributed by atoms with Gasteiger partial charge in [0.05, 0.1) is 13.5 Å². The topological polar surface area (TPSA) is 41.6 Å². The lowest BCUT2D eigenvalue weighted by Gasteiger charge is -2.33. The van der Waals surface area contributed by atoms with Crippen molar-refractivity contribution >= 4 is 18.4 Å². The average Bonchev–Trinajstić information content (AvgIpc) is 2.40. The molecule has 2 rings (SSSR count). The van der Waals surface area contributed by atoms with Crippen molar-refractivity contribution in [2.75, 3.05) is 26.7 Å². The van der Waals surface area contributed by atoms with Crippen LogP contribution in [0.3, 0.4) is 0 Å². The number of esters is 1. The maximum absolute atomic E-state index is 11.3. The molecule has 0 amide bonds. The quantitative estimate of drug-likeness (QED) is 0.850. The Kier molecular flexibility index (Phi) is 6.84. The SMILES string of the molecule is COC(=O)CC1CN(Cc2ccccc2)CCN1.Cl. The zero-order chi connectivity index (χ0) is 12.8. The molecule has 0 bridgehead atoms. The van der Waals surface area contributed by atoms with E-state index < -0.39 is 0 Å². The van der Waals surface area contributed by atoms with E-state index in [0.29, 0.717) is 6.42 Å². The van der Waals surface area contributed by atoms with Crippen LogP contribution in [0.1, 0.15) is 12.0 Å². The Hall–Kier alpha value is -1.10. The third kappa shape index (κ3) is 5.19. The molecule has 0 aliphatic carbocycles. The van der Waals surface area contributed by atoms with Crippen molar-refractivity contribution in [3.8, 4) is 0 Å². The minimum absolute atomic E-state index is 0. The van der Waals surface area contributed by atoms with Crippen LogP contribution in [0, 0.1) is 0 Å². The van der Waals surface area contributed by atoms with E-state index in [1.807, 2.05) is 6.07 Å². The highest BCUT2D eigenvalue weighted by atomic mass is 35.5. The molecule has 5 heteroatoms. The molecule has 1 aromatic rings. The van der Waals surface area contributed by atoms with Crippen LogP contribution in [0.5, 0.6) is 0 Å². The first-order valence-corrected chi connectivity index (χ1v) is 6.34. The van der Waals surface area contributed by atoms with Gasteiger partial charge in [-0.25, -0.2) is 0 Å². The molecule has 1 saturated heterocycles. The van der Waals surface area contributed by atoms with E-state index in [1.54, 1.807) is 0 Å². The predicted octanol–water partition coefficient (Wildman–Crippen LogP) is 1.45. The lowest BCUT2D eigenvalue weighted by molar-refractivity contribution is -0.141. The molecule has 1 heterocycles. The fraction of sp³-hybridized carbons (Fsp3) is 0.500. The van der Waals surface area contributed by atoms with Gasteiger partial charge in [0, 0.05) is 32.2 Å². The lowest BCUT2D eigenvalue weighted by atomic mass is 10.1. The number of nitrogens with one attached hydrogen (secondary N) is 1. The first-order chi connectivity index (χ1) is 8.78. The number of hydrogen-bond acceptors (Lipinski definition) is 4. The van der Waals surface area contributed by atoms with Crippen molar-refractivity contribution in [1.29, 1.82) is 0 Å². The summed E-state index contributed by atoms with van der Waals surface area (Å²) in [5.74, 6) is -0.144. The summed E-state index contributed by atoms with van der Waals surface area (Å²) < 4.78 is 4.71. The van der Waals surface area contributed by atoms with E-state index in [0.717, 1.165) is 26.2 Å². The van der Waals surface area contributed by atoms with Gasteiger partial charge in [-0.1, -0.05) is 30.3 Å². The normalized spacial score (nSPS) is 19.5. The van der Waals surface area contributed by atoms with Crippen molar-refractivity contribution in [2.45, 2.75) is 19.0 Å². The van der Waals surface area contributed by atoms with Crippen molar-refractivity contribution in [3.05, 3.63) is 35.9 Å². The number of rotatable bonds is 4. The highest BCUT2D eigenvalue weighted by molar-refractivity contribution is 5.85. The van der Waals surface area contributed by atoms with E-state index in [4.69, 9.17) is 4.74 Å². The molecule has 106 valence electrons. The van der Waals surface area contributed by atoms with E-state index >= 15 is 0 Å². The Labute approximate surface area is 120 Å². The number of nitrogens with zero attached hydrogens (tertiary/aromatic N) is 1. The second-order valence-electron chi connectivity index (χ2n) is 4.65. The molecule has 19 heavy (non-hydrogen) atoms. The van der Waals surface area contributed by atoms with Crippen molar-refractivity contribution in [1.82, 2.24) is 10.2 Å². The summed E-state index contributed by atoms with van der Waals surface area (Å²) in [6.45, 7) is 3.78. The molecule has 1 unspecified atom stereocenters. The summed E-state index contributed by atoms with van der Waals surface area (Å²) in [7, 11) is 1.44. The van der Waals surface area contributed by atoms with Gasteiger partial charge in [-0.05, 0) is 5.56 Å². The number of carbonyl (C=O) groups excluding carboxylic acids is 1. The van der Waals surface area contributed by atoms with Crippen LogP contribution in [0.4, 0.5) is 0 Å². The van der Waals surface area contributed by atoms with Gasteiger partial charge < -0.3 is 10.1 Å². The summed E-state index contributed by atoms with van der Waals surface area (Å²) in [6, 6.07) is 10.6. The first kappa shape index (κ1) is 16.0. The Morgan fingerprint density at radius 2 is 2.16 bits per heavy atom. The molecule has 1 aromatic carbocycles. The second kappa shape index (κ2) is 8.15. The number of ether oxygens (including phenoxy) is 1. The molecule has 0 saturated carbocycles. The van der Waals surface area contributed by atoms with Crippen molar-refractivity contribution < 1.29 is 9.53 Å². The predicted molar refractivity (Wildman–Crippen MR) is 77.4 cm³/mol. The third-order valence-electron chi connectivity index (χ3n) is 3.23. The number of carbonyl (C=O) groups is 1. The molecule has 1 aliphatic heterocycles. The molecule has 0 aromatic heterocycles. The van der Waals surface area contributed by atoms with Gasteiger partial charge in [0.15, 0.2) is 0 Å². The highest BCUT2D eigenvalue weighted by Crippen LogP contribution is 2.09. The van der Waals surface area contributed by atoms with Gasteiger partial charge in [0.25, 0.3) is 0 Å². The van der Waals surface area contributed by atoms with E-state index in [2.05, 4.69) is 34.5 Å². The average molecular weight is 285 g/mol. The van der Waals surface area contributed by atoms with Gasteiger partial charge in [-0.15, -0.1) is 12.4 Å². The monoisotopic (exact) mass is 284 g/mol. The molecule has 4 nitrogen and oxygen atoms in total. The zero-order valence-electron chi connectivity index (χ0n) is 11.2. The van der Waals surface area contributed by atoms with Crippen LogP contribution < -0.4 is 5.32 Å². The van der Waals surface area contributed by atoms with Gasteiger partial charge in [0.1, 0.15) is 0 Å². The van der Waals surface area contributed by atoms with Crippen LogP contribution in [-0.2, 0) is 16.1 Å². The van der Waals surface area contributed by atoms with Gasteiger partial charge >= 0.3 is 5.97 Å². The van der Waals surface area contributed by atoms with Crippen LogP contribution in [-0.4, -0.2) is 43.7 Å². The van der Waals surface area contributed by atoms with E-state index in [-0.39, 0.29) is 24.4 Å². The lowest BCUT2D eigenvalue weighted by Crippen LogP contribution is -2.51. The minimum atomic E-state index is -0.144. The Balaban J connectivity index is 0.00000180. The molecule has 1 atom stereocenters. The maximum Gasteiger partial charge on any atom is 0.307 e. The fourth-order valence-electron chi connectivity index (χ4n) is 2.30. The Bertz CT molecular complexity index is 386. The van der Waals surface area contributed by atoms with Gasteiger partial charge in [-0.2, -0.15) is 0 Å². The van der Waals surface area contributed by atoms with Crippen molar-refractivity contribution in [2.24, 2.45) is 0 Å². The third-order valence-corrected chi connectivity index (χ3v) is 3.23. The maximum atomic E-state index is 11.3. The molecular weight excluding hydrogens is 264 g/mol. The summed E-state index contributed by atoms with van der Waals surface area (Å²) >= 11 is 0. The number of piperazine rings is 1. The molecule has 1 aliphatic rings. The summed E-state index contributed by atoms with van der Waals surface area (Å²) in [5, 5.41) is 3.36. The fourth-order valence-corrected chi connectivity index (χ4v) is 2.30. The molecule has 1 fully saturated rings. The zero-order valence-corrected chi connectivity index (χ0v) is 12.0. The van der Waals surface area contributed by atoms with Crippen LogP contribution >= 0.6 is 12.4 Å². The number of benzene rings is 1. The van der Waals surface area contributed by atoms with Gasteiger partial charge in [-0.3, -0.25) is 9.69 Å². The number of halogens is 1. The Morgan fingerprint density at radius 3 is 2.84 bits per heavy atom. The molecular formula is C14H21ClN2O2. The first-order valence-electron chi connectivity index (χ1n) is 6.34. The number of hydrogen-bond donors (Lipinski definition) is 1. The summed E-state index contributed by atoms with van der Waals surface area (Å²) in [4.78, 5) is 13.6. The number of methoxy groups -OCH3 is 1. The molecule has 0 radical (unpaired) electrons. The van der Waals surface area contributed by atoms with E-state index in [1.165, 1.54) is 12.7 Å². The summed E-state index contributed by atoms with van der Waals surface area (Å²) in [6.07, 6.45) is 0.446. The van der Waals surface area contributed by atoms with Crippen LogP contribution in [0.25, 0.3) is 0 Å². The Morgan fingerprint density at radius 1 is 1.42 bits per heavy atom. The van der Waals surface area contributed by atoms with Crippen LogP contribution in [0.2, 0.25) is 0 Å². The smallest absolute Gasteiger partial charge is 0.307 e. The largest absolute Gasteiger partial charge is 0.469 e. The molecule has 1 N–H and O–H groups in total.